The Kier molecular flexibility index (Phi) is 8.43. The Bertz CT molecular complexity index is 366. The molecule has 0 spiro atoms. The zero-order chi connectivity index (χ0) is 15.0. The Morgan fingerprint density at radius 1 is 1.15 bits per heavy atom. The molecule has 3 heteroatoms. The predicted molar refractivity (Wildman–Crippen MR) is 90.0 cm³/mol. The number of halogens is 1. The normalized spacial score (nSPS) is 14.5. The van der Waals surface area contributed by atoms with Crippen molar-refractivity contribution in [2.75, 3.05) is 13.1 Å². The monoisotopic (exact) mass is 341 g/mol. The number of hydrogen-bond acceptors (Lipinski definition) is 2. The first kappa shape index (κ1) is 17.7. The molecule has 0 bridgehead atoms. The standard InChI is InChI=1S/C17H28BrNO/c1-4-6-12-19(14(3)5-2)13-11-17(20)15-7-9-16(18)10-8-15/h7-10,14,17,20H,4-6,11-13H2,1-3H3. The lowest BCUT2D eigenvalue weighted by atomic mass is 10.1. The molecule has 0 saturated heterocycles. The lowest BCUT2D eigenvalue weighted by Crippen LogP contribution is -2.35. The summed E-state index contributed by atoms with van der Waals surface area (Å²) in [6.45, 7) is 8.84. The van der Waals surface area contributed by atoms with Crippen molar-refractivity contribution in [2.45, 2.75) is 58.6 Å². The Balaban J connectivity index is 2.50. The number of rotatable bonds is 9. The van der Waals surface area contributed by atoms with Gasteiger partial charge in [-0.2, -0.15) is 0 Å². The van der Waals surface area contributed by atoms with Crippen LogP contribution in [0, 0.1) is 0 Å². The minimum absolute atomic E-state index is 0.365. The van der Waals surface area contributed by atoms with Crippen LogP contribution in [0.2, 0.25) is 0 Å². The maximum Gasteiger partial charge on any atom is 0.0802 e. The lowest BCUT2D eigenvalue weighted by molar-refractivity contribution is 0.124. The fourth-order valence-corrected chi connectivity index (χ4v) is 2.58. The second kappa shape index (κ2) is 9.54. The van der Waals surface area contributed by atoms with E-state index in [-0.39, 0.29) is 6.10 Å². The van der Waals surface area contributed by atoms with Gasteiger partial charge in [0.05, 0.1) is 6.10 Å². The van der Waals surface area contributed by atoms with Crippen LogP contribution in [0.1, 0.15) is 58.1 Å². The number of aliphatic hydroxyl groups is 1. The molecule has 20 heavy (non-hydrogen) atoms. The van der Waals surface area contributed by atoms with Crippen molar-refractivity contribution in [3.05, 3.63) is 34.3 Å². The molecule has 114 valence electrons. The molecule has 0 radical (unpaired) electrons. The molecule has 2 nitrogen and oxygen atoms in total. The second-order valence-corrected chi connectivity index (χ2v) is 6.42. The van der Waals surface area contributed by atoms with Gasteiger partial charge < -0.3 is 10.0 Å². The van der Waals surface area contributed by atoms with Crippen molar-refractivity contribution >= 4 is 15.9 Å². The number of hydrogen-bond donors (Lipinski definition) is 1. The average Bonchev–Trinajstić information content (AvgIpc) is 2.47. The molecule has 1 aromatic carbocycles. The highest BCUT2D eigenvalue weighted by molar-refractivity contribution is 9.10. The van der Waals surface area contributed by atoms with Crippen LogP contribution < -0.4 is 0 Å². The van der Waals surface area contributed by atoms with Crippen LogP contribution in [0.15, 0.2) is 28.7 Å². The maximum atomic E-state index is 10.3. The van der Waals surface area contributed by atoms with E-state index in [4.69, 9.17) is 0 Å². The summed E-state index contributed by atoms with van der Waals surface area (Å²) in [7, 11) is 0. The Morgan fingerprint density at radius 2 is 1.80 bits per heavy atom. The molecule has 0 aromatic heterocycles. The quantitative estimate of drug-likeness (QED) is 0.699. The van der Waals surface area contributed by atoms with Crippen LogP contribution in [0.4, 0.5) is 0 Å². The molecule has 0 aliphatic heterocycles. The van der Waals surface area contributed by atoms with Gasteiger partial charge in [-0.05, 0) is 50.4 Å². The van der Waals surface area contributed by atoms with Gasteiger partial charge in [-0.25, -0.2) is 0 Å². The van der Waals surface area contributed by atoms with Gasteiger partial charge in [-0.15, -0.1) is 0 Å². The van der Waals surface area contributed by atoms with Gasteiger partial charge in [0.1, 0.15) is 0 Å². The minimum Gasteiger partial charge on any atom is -0.388 e. The third-order valence-corrected chi connectivity index (χ3v) is 4.49. The predicted octanol–water partition coefficient (Wildman–Crippen LogP) is 4.77. The number of nitrogens with zero attached hydrogens (tertiary/aromatic N) is 1. The molecule has 1 aromatic rings. The van der Waals surface area contributed by atoms with Gasteiger partial charge in [0.15, 0.2) is 0 Å². The van der Waals surface area contributed by atoms with E-state index in [1.165, 1.54) is 12.8 Å². The highest BCUT2D eigenvalue weighted by Crippen LogP contribution is 2.20. The molecular formula is C17H28BrNO. The van der Waals surface area contributed by atoms with Crippen LogP contribution in [-0.2, 0) is 0 Å². The second-order valence-electron chi connectivity index (χ2n) is 5.50. The van der Waals surface area contributed by atoms with Crippen LogP contribution in [-0.4, -0.2) is 29.1 Å². The van der Waals surface area contributed by atoms with Gasteiger partial charge in [-0.1, -0.05) is 48.3 Å². The summed E-state index contributed by atoms with van der Waals surface area (Å²) in [6.07, 6.45) is 4.06. The van der Waals surface area contributed by atoms with Crippen molar-refractivity contribution in [2.24, 2.45) is 0 Å². The van der Waals surface area contributed by atoms with E-state index in [0.29, 0.717) is 6.04 Å². The van der Waals surface area contributed by atoms with Crippen LogP contribution in [0.25, 0.3) is 0 Å². The van der Waals surface area contributed by atoms with E-state index in [1.807, 2.05) is 24.3 Å². The first-order valence-corrected chi connectivity index (χ1v) is 8.55. The Hall–Kier alpha value is -0.380. The summed E-state index contributed by atoms with van der Waals surface area (Å²) in [5.41, 5.74) is 1.01. The van der Waals surface area contributed by atoms with Gasteiger partial charge in [-0.3, -0.25) is 0 Å². The molecule has 0 fully saturated rings. The minimum atomic E-state index is -0.365. The molecule has 1 rings (SSSR count). The van der Waals surface area contributed by atoms with Crippen LogP contribution >= 0.6 is 15.9 Å². The summed E-state index contributed by atoms with van der Waals surface area (Å²) in [4.78, 5) is 2.51. The zero-order valence-electron chi connectivity index (χ0n) is 13.0. The van der Waals surface area contributed by atoms with Crippen molar-refractivity contribution in [1.82, 2.24) is 4.90 Å². The maximum absolute atomic E-state index is 10.3. The first-order valence-electron chi connectivity index (χ1n) is 7.76. The van der Waals surface area contributed by atoms with E-state index in [9.17, 15) is 5.11 Å². The zero-order valence-corrected chi connectivity index (χ0v) is 14.6. The molecule has 0 saturated carbocycles. The summed E-state index contributed by atoms with van der Waals surface area (Å²) >= 11 is 3.42. The fraction of sp³-hybridized carbons (Fsp3) is 0.647. The summed E-state index contributed by atoms with van der Waals surface area (Å²) < 4.78 is 1.05. The third-order valence-electron chi connectivity index (χ3n) is 3.96. The Labute approximate surface area is 132 Å². The van der Waals surface area contributed by atoms with Gasteiger partial charge in [0.25, 0.3) is 0 Å². The summed E-state index contributed by atoms with van der Waals surface area (Å²) in [5, 5.41) is 10.3. The molecule has 2 atom stereocenters. The number of unbranched alkanes of at least 4 members (excludes halogenated alkanes) is 1. The van der Waals surface area contributed by atoms with Gasteiger partial charge in [0, 0.05) is 17.1 Å². The smallest absolute Gasteiger partial charge is 0.0802 e. The van der Waals surface area contributed by atoms with E-state index >= 15 is 0 Å². The molecule has 2 unspecified atom stereocenters. The lowest BCUT2D eigenvalue weighted by Gasteiger charge is -2.29. The van der Waals surface area contributed by atoms with E-state index in [2.05, 4.69) is 41.6 Å². The molecule has 0 heterocycles. The van der Waals surface area contributed by atoms with E-state index < -0.39 is 0 Å². The molecule has 0 aliphatic rings. The largest absolute Gasteiger partial charge is 0.388 e. The SMILES string of the molecule is CCCCN(CCC(O)c1ccc(Br)cc1)C(C)CC. The van der Waals surface area contributed by atoms with Gasteiger partial charge in [0.2, 0.25) is 0 Å². The van der Waals surface area contributed by atoms with Gasteiger partial charge >= 0.3 is 0 Å². The topological polar surface area (TPSA) is 23.5 Å². The fourth-order valence-electron chi connectivity index (χ4n) is 2.31. The van der Waals surface area contributed by atoms with Crippen LogP contribution in [0.5, 0.6) is 0 Å². The molecule has 0 amide bonds. The van der Waals surface area contributed by atoms with E-state index in [0.717, 1.165) is 36.0 Å². The first-order chi connectivity index (χ1) is 9.58. The Morgan fingerprint density at radius 3 is 2.35 bits per heavy atom. The van der Waals surface area contributed by atoms with Crippen LogP contribution in [0.3, 0.4) is 0 Å². The third kappa shape index (κ3) is 5.94. The average molecular weight is 342 g/mol. The van der Waals surface area contributed by atoms with Crippen molar-refractivity contribution in [3.63, 3.8) is 0 Å². The molecule has 1 N–H and O–H groups in total. The summed E-state index contributed by atoms with van der Waals surface area (Å²) in [5.74, 6) is 0. The highest BCUT2D eigenvalue weighted by Gasteiger charge is 2.14. The summed E-state index contributed by atoms with van der Waals surface area (Å²) in [6, 6.07) is 8.56. The van der Waals surface area contributed by atoms with E-state index in [1.54, 1.807) is 0 Å². The molecule has 0 aliphatic carbocycles. The highest BCUT2D eigenvalue weighted by atomic mass is 79.9. The van der Waals surface area contributed by atoms with Crippen molar-refractivity contribution < 1.29 is 5.11 Å². The van der Waals surface area contributed by atoms with Crippen molar-refractivity contribution in [1.29, 1.82) is 0 Å². The van der Waals surface area contributed by atoms with Crippen molar-refractivity contribution in [3.8, 4) is 0 Å². The number of benzene rings is 1. The molecular weight excluding hydrogens is 314 g/mol. The number of aliphatic hydroxyl groups excluding tert-OH is 1.